The fraction of sp³-hybridized carbons (Fsp3) is 0.429. The van der Waals surface area contributed by atoms with E-state index in [2.05, 4.69) is 25.2 Å². The SMILES string of the molecule is CC[SiH2]C1=CC=CC1.[H-].[Li+]. The Hall–Kier alpha value is 0.294. The average molecular weight is 132 g/mol. The normalized spacial score (nSPS) is 16.3. The van der Waals surface area contributed by atoms with Gasteiger partial charge in [-0.05, 0) is 6.42 Å². The first kappa shape index (κ1) is 9.29. The molecule has 1 aliphatic carbocycles. The van der Waals surface area contributed by atoms with Crippen LogP contribution >= 0.6 is 0 Å². The van der Waals surface area contributed by atoms with E-state index in [4.69, 9.17) is 0 Å². The van der Waals surface area contributed by atoms with Crippen molar-refractivity contribution in [1.82, 2.24) is 0 Å². The predicted octanol–water partition coefficient (Wildman–Crippen LogP) is -1.45. The first-order valence-electron chi connectivity index (χ1n) is 3.28. The Labute approximate surface area is 72.9 Å². The van der Waals surface area contributed by atoms with Gasteiger partial charge in [0.25, 0.3) is 0 Å². The van der Waals surface area contributed by atoms with Crippen LogP contribution in [-0.2, 0) is 0 Å². The van der Waals surface area contributed by atoms with Crippen molar-refractivity contribution in [3.63, 3.8) is 0 Å². The second-order valence-electron chi connectivity index (χ2n) is 2.21. The smallest absolute Gasteiger partial charge is 1.00 e. The van der Waals surface area contributed by atoms with E-state index < -0.39 is 0 Å². The van der Waals surface area contributed by atoms with Gasteiger partial charge in [-0.3, -0.25) is 0 Å². The third-order valence-corrected chi connectivity index (χ3v) is 3.09. The van der Waals surface area contributed by atoms with Crippen LogP contribution in [0.25, 0.3) is 0 Å². The zero-order valence-corrected chi connectivity index (χ0v) is 7.77. The van der Waals surface area contributed by atoms with Gasteiger partial charge in [0.15, 0.2) is 0 Å². The molecule has 0 amide bonds. The molecule has 0 aromatic heterocycles. The Bertz CT molecular complexity index is 132. The molecule has 46 valence electrons. The second kappa shape index (κ2) is 5.11. The largest absolute Gasteiger partial charge is 1.00 e. The van der Waals surface area contributed by atoms with E-state index in [1.165, 1.54) is 12.5 Å². The quantitative estimate of drug-likeness (QED) is 0.403. The maximum Gasteiger partial charge on any atom is 1.00 e. The molecule has 0 spiro atoms. The van der Waals surface area contributed by atoms with Crippen molar-refractivity contribution in [1.29, 1.82) is 0 Å². The predicted molar refractivity (Wildman–Crippen MR) is 42.0 cm³/mol. The van der Waals surface area contributed by atoms with Crippen molar-refractivity contribution in [3.8, 4) is 0 Å². The van der Waals surface area contributed by atoms with Crippen LogP contribution in [0, 0.1) is 0 Å². The van der Waals surface area contributed by atoms with Gasteiger partial charge in [-0.1, -0.05) is 36.4 Å². The Morgan fingerprint density at radius 3 is 3.00 bits per heavy atom. The molecule has 0 saturated carbocycles. The van der Waals surface area contributed by atoms with E-state index in [9.17, 15) is 0 Å². The van der Waals surface area contributed by atoms with Crippen LogP contribution in [0.15, 0.2) is 23.4 Å². The van der Waals surface area contributed by atoms with Gasteiger partial charge in [0.2, 0.25) is 0 Å². The molecule has 0 atom stereocenters. The van der Waals surface area contributed by atoms with Crippen molar-refractivity contribution in [2.24, 2.45) is 0 Å². The standard InChI is InChI=1S/C7H12Si.Li.H/c1-2-8-7-5-3-4-6-7;;/h3-5H,2,6,8H2,1H3;;/q;+1;-1. The van der Waals surface area contributed by atoms with Gasteiger partial charge in [0.1, 0.15) is 0 Å². The summed E-state index contributed by atoms with van der Waals surface area (Å²) >= 11 is 0. The van der Waals surface area contributed by atoms with Gasteiger partial charge < -0.3 is 1.43 Å². The van der Waals surface area contributed by atoms with E-state index in [-0.39, 0.29) is 29.8 Å². The molecule has 0 aromatic rings. The minimum atomic E-state index is 0. The van der Waals surface area contributed by atoms with Gasteiger partial charge in [-0.15, -0.1) is 0 Å². The molecule has 0 N–H and O–H groups in total. The maximum atomic E-state index is 2.29. The first-order valence-corrected chi connectivity index (χ1v) is 4.98. The third-order valence-electron chi connectivity index (χ3n) is 1.42. The molecule has 9 heavy (non-hydrogen) atoms. The van der Waals surface area contributed by atoms with Crippen LogP contribution in [0.3, 0.4) is 0 Å². The minimum absolute atomic E-state index is 0. The van der Waals surface area contributed by atoms with Gasteiger partial charge in [0, 0.05) is 9.52 Å². The zero-order chi connectivity index (χ0) is 5.82. The summed E-state index contributed by atoms with van der Waals surface area (Å²) < 4.78 is 0. The van der Waals surface area contributed by atoms with Crippen LogP contribution in [-0.4, -0.2) is 9.52 Å². The molecular formula is C7H13LiSi. The summed E-state index contributed by atoms with van der Waals surface area (Å²) in [6.07, 6.45) is 7.98. The van der Waals surface area contributed by atoms with Gasteiger partial charge in [0.05, 0.1) is 0 Å². The Kier molecular flexibility index (Phi) is 5.28. The Balaban J connectivity index is 0. The molecule has 0 bridgehead atoms. The summed E-state index contributed by atoms with van der Waals surface area (Å²) in [5.74, 6) is 0. The summed E-state index contributed by atoms with van der Waals surface area (Å²) in [6.45, 7) is 2.28. The number of hydrogen-bond acceptors (Lipinski definition) is 0. The zero-order valence-electron chi connectivity index (χ0n) is 7.35. The van der Waals surface area contributed by atoms with E-state index >= 15 is 0 Å². The molecule has 2 heteroatoms. The average Bonchev–Trinajstić information content (AvgIpc) is 2.19. The topological polar surface area (TPSA) is 0 Å². The molecule has 1 aliphatic rings. The molecular weight excluding hydrogens is 119 g/mol. The van der Waals surface area contributed by atoms with Crippen LogP contribution in [0.5, 0.6) is 0 Å². The first-order chi connectivity index (χ1) is 3.93. The molecule has 0 nitrogen and oxygen atoms in total. The Morgan fingerprint density at radius 1 is 1.78 bits per heavy atom. The molecule has 0 aliphatic heterocycles. The van der Waals surface area contributed by atoms with E-state index in [0.717, 1.165) is 0 Å². The molecule has 1 rings (SSSR count). The number of allylic oxidation sites excluding steroid dienone is 4. The monoisotopic (exact) mass is 132 g/mol. The van der Waals surface area contributed by atoms with Crippen molar-refractivity contribution in [2.75, 3.05) is 0 Å². The fourth-order valence-corrected chi connectivity index (χ4v) is 2.31. The van der Waals surface area contributed by atoms with Crippen molar-refractivity contribution in [2.45, 2.75) is 19.4 Å². The van der Waals surface area contributed by atoms with Gasteiger partial charge in [-0.2, -0.15) is 0 Å². The molecule has 0 fully saturated rings. The van der Waals surface area contributed by atoms with Crippen LogP contribution < -0.4 is 18.9 Å². The molecule has 0 unspecified atom stereocenters. The molecule has 0 radical (unpaired) electrons. The maximum absolute atomic E-state index is 2.29. The summed E-state index contributed by atoms with van der Waals surface area (Å²) in [5.41, 5.74) is 0. The van der Waals surface area contributed by atoms with Crippen LogP contribution in [0.4, 0.5) is 0 Å². The minimum Gasteiger partial charge on any atom is -1.00 e. The van der Waals surface area contributed by atoms with Crippen molar-refractivity contribution >= 4 is 9.52 Å². The third kappa shape index (κ3) is 3.10. The van der Waals surface area contributed by atoms with E-state index in [1.54, 1.807) is 5.20 Å². The second-order valence-corrected chi connectivity index (χ2v) is 4.62. The van der Waals surface area contributed by atoms with E-state index in [1.807, 2.05) is 0 Å². The van der Waals surface area contributed by atoms with Gasteiger partial charge in [-0.25, -0.2) is 0 Å². The summed E-state index contributed by atoms with van der Waals surface area (Å²) in [4.78, 5) is 0. The van der Waals surface area contributed by atoms with E-state index in [0.29, 0.717) is 0 Å². The molecule has 0 heterocycles. The van der Waals surface area contributed by atoms with Crippen LogP contribution in [0.2, 0.25) is 6.04 Å². The summed E-state index contributed by atoms with van der Waals surface area (Å²) in [7, 11) is 0.197. The van der Waals surface area contributed by atoms with Gasteiger partial charge >= 0.3 is 18.9 Å². The summed E-state index contributed by atoms with van der Waals surface area (Å²) in [6, 6.07) is 1.42. The summed E-state index contributed by atoms with van der Waals surface area (Å²) in [5, 5.41) is 1.73. The molecule has 0 saturated heterocycles. The number of hydrogen-bond donors (Lipinski definition) is 0. The van der Waals surface area contributed by atoms with Crippen LogP contribution in [0.1, 0.15) is 14.8 Å². The van der Waals surface area contributed by atoms with Crippen molar-refractivity contribution in [3.05, 3.63) is 23.4 Å². The molecule has 0 aromatic carbocycles. The number of rotatable bonds is 2. The Morgan fingerprint density at radius 2 is 2.56 bits per heavy atom. The fourth-order valence-electron chi connectivity index (χ4n) is 0.998. The van der Waals surface area contributed by atoms with Crippen molar-refractivity contribution < 1.29 is 20.3 Å².